The first-order valence-corrected chi connectivity index (χ1v) is 10.6. The molecule has 4 aromatic rings. The number of hydrogen-bond acceptors (Lipinski definition) is 6. The molecule has 1 aromatic heterocycles. The number of amides is 1. The number of esters is 1. The Hall–Kier alpha value is -4.00. The average Bonchev–Trinajstić information content (AvgIpc) is 3.25. The topological polar surface area (TPSA) is 87.0 Å². The van der Waals surface area contributed by atoms with Crippen LogP contribution in [0.4, 0.5) is 0 Å². The average molecular weight is 447 g/mol. The fourth-order valence-electron chi connectivity index (χ4n) is 3.78. The fraction of sp³-hybridized carbons (Fsp3) is 0.231. The normalized spacial score (nSPS) is 11.8. The largest absolute Gasteiger partial charge is 0.493 e. The Morgan fingerprint density at radius 3 is 2.58 bits per heavy atom. The molecular weight excluding hydrogens is 422 g/mol. The molecule has 0 saturated carbocycles. The Balaban J connectivity index is 1.38. The van der Waals surface area contributed by atoms with Gasteiger partial charge in [-0.15, -0.1) is 0 Å². The van der Waals surface area contributed by atoms with E-state index in [1.165, 1.54) is 0 Å². The number of ether oxygens (including phenoxy) is 3. The molecule has 0 aliphatic rings. The van der Waals surface area contributed by atoms with Crippen molar-refractivity contribution in [3.05, 3.63) is 72.0 Å². The summed E-state index contributed by atoms with van der Waals surface area (Å²) >= 11 is 0. The standard InChI is InChI=1S/C26H25NO6/c1-16(26(29)27-14-17-8-10-21(30-2)23(12-17)31-3)33-24(28)13-19-15-32-22-11-9-18-6-4-5-7-20(18)25(19)22/h4-12,15-16H,13-14H2,1-3H3,(H,27,29). The molecule has 0 aliphatic heterocycles. The summed E-state index contributed by atoms with van der Waals surface area (Å²) in [5.74, 6) is 0.290. The molecule has 7 nitrogen and oxygen atoms in total. The van der Waals surface area contributed by atoms with Gasteiger partial charge in [0.05, 0.1) is 26.9 Å². The van der Waals surface area contributed by atoms with Gasteiger partial charge in [-0.3, -0.25) is 9.59 Å². The lowest BCUT2D eigenvalue weighted by atomic mass is 10.0. The van der Waals surface area contributed by atoms with Gasteiger partial charge in [-0.25, -0.2) is 0 Å². The van der Waals surface area contributed by atoms with E-state index in [0.29, 0.717) is 17.1 Å². The molecule has 1 amide bonds. The van der Waals surface area contributed by atoms with Gasteiger partial charge in [0.15, 0.2) is 17.6 Å². The molecule has 170 valence electrons. The summed E-state index contributed by atoms with van der Waals surface area (Å²) in [5, 5.41) is 5.73. The van der Waals surface area contributed by atoms with Gasteiger partial charge in [-0.2, -0.15) is 0 Å². The van der Waals surface area contributed by atoms with Crippen molar-refractivity contribution in [2.75, 3.05) is 14.2 Å². The van der Waals surface area contributed by atoms with Crippen molar-refractivity contribution in [1.82, 2.24) is 5.32 Å². The summed E-state index contributed by atoms with van der Waals surface area (Å²) in [6, 6.07) is 17.2. The fourth-order valence-corrected chi connectivity index (χ4v) is 3.78. The maximum absolute atomic E-state index is 12.6. The van der Waals surface area contributed by atoms with E-state index in [1.807, 2.05) is 42.5 Å². The van der Waals surface area contributed by atoms with E-state index < -0.39 is 12.1 Å². The summed E-state index contributed by atoms with van der Waals surface area (Å²) in [7, 11) is 3.11. The van der Waals surface area contributed by atoms with Crippen molar-refractivity contribution in [2.24, 2.45) is 0 Å². The summed E-state index contributed by atoms with van der Waals surface area (Å²) in [4.78, 5) is 25.0. The van der Waals surface area contributed by atoms with Crippen LogP contribution in [-0.4, -0.2) is 32.2 Å². The third kappa shape index (κ3) is 4.77. The number of furan rings is 1. The molecule has 0 aliphatic carbocycles. The zero-order valence-electron chi connectivity index (χ0n) is 18.7. The molecule has 1 N–H and O–H groups in total. The van der Waals surface area contributed by atoms with E-state index in [9.17, 15) is 9.59 Å². The van der Waals surface area contributed by atoms with Gasteiger partial charge < -0.3 is 23.9 Å². The Morgan fingerprint density at radius 1 is 1.00 bits per heavy atom. The second-order valence-corrected chi connectivity index (χ2v) is 7.64. The van der Waals surface area contributed by atoms with Crippen molar-refractivity contribution in [1.29, 1.82) is 0 Å². The number of benzene rings is 3. The van der Waals surface area contributed by atoms with Gasteiger partial charge in [-0.05, 0) is 41.5 Å². The number of rotatable bonds is 8. The van der Waals surface area contributed by atoms with Crippen LogP contribution in [0.15, 0.2) is 65.3 Å². The smallest absolute Gasteiger partial charge is 0.311 e. The van der Waals surface area contributed by atoms with Crippen molar-refractivity contribution in [3.63, 3.8) is 0 Å². The van der Waals surface area contributed by atoms with Gasteiger partial charge in [0.2, 0.25) is 0 Å². The number of carbonyl (C=O) groups is 2. The maximum atomic E-state index is 12.6. The lowest BCUT2D eigenvalue weighted by Crippen LogP contribution is -2.35. The molecule has 7 heteroatoms. The molecule has 4 rings (SSSR count). The van der Waals surface area contributed by atoms with Crippen LogP contribution >= 0.6 is 0 Å². The van der Waals surface area contributed by atoms with Crippen LogP contribution in [0, 0.1) is 0 Å². The van der Waals surface area contributed by atoms with Crippen LogP contribution in [0.25, 0.3) is 21.7 Å². The summed E-state index contributed by atoms with van der Waals surface area (Å²) in [6.07, 6.45) is 0.640. The van der Waals surface area contributed by atoms with Crippen LogP contribution < -0.4 is 14.8 Å². The van der Waals surface area contributed by atoms with Crippen molar-refractivity contribution in [2.45, 2.75) is 26.0 Å². The second-order valence-electron chi connectivity index (χ2n) is 7.64. The van der Waals surface area contributed by atoms with E-state index in [4.69, 9.17) is 18.6 Å². The summed E-state index contributed by atoms with van der Waals surface area (Å²) in [5.41, 5.74) is 2.26. The third-order valence-electron chi connectivity index (χ3n) is 5.47. The number of hydrogen-bond donors (Lipinski definition) is 1. The first-order valence-electron chi connectivity index (χ1n) is 10.6. The molecule has 0 radical (unpaired) electrons. The lowest BCUT2D eigenvalue weighted by molar-refractivity contribution is -0.154. The quantitative estimate of drug-likeness (QED) is 0.403. The minimum Gasteiger partial charge on any atom is -0.493 e. The SMILES string of the molecule is COc1ccc(CNC(=O)C(C)OC(=O)Cc2coc3ccc4ccccc4c23)cc1OC. The van der Waals surface area contributed by atoms with E-state index >= 15 is 0 Å². The summed E-state index contributed by atoms with van der Waals surface area (Å²) in [6.45, 7) is 1.81. The minimum absolute atomic E-state index is 0.00824. The van der Waals surface area contributed by atoms with Crippen LogP contribution in [0.5, 0.6) is 11.5 Å². The molecule has 0 bridgehead atoms. The monoisotopic (exact) mass is 447 g/mol. The molecule has 0 saturated heterocycles. The molecule has 0 spiro atoms. The Labute approximate surface area is 191 Å². The molecule has 3 aromatic carbocycles. The first kappa shape index (κ1) is 22.2. The number of carbonyl (C=O) groups excluding carboxylic acids is 2. The van der Waals surface area contributed by atoms with Gasteiger partial charge in [-0.1, -0.05) is 36.4 Å². The highest BCUT2D eigenvalue weighted by molar-refractivity contribution is 6.08. The zero-order valence-corrected chi connectivity index (χ0v) is 18.7. The molecule has 0 fully saturated rings. The van der Waals surface area contributed by atoms with Crippen LogP contribution in [0.1, 0.15) is 18.1 Å². The van der Waals surface area contributed by atoms with Crippen molar-refractivity contribution >= 4 is 33.6 Å². The minimum atomic E-state index is -0.937. The lowest BCUT2D eigenvalue weighted by Gasteiger charge is -2.14. The number of fused-ring (bicyclic) bond motifs is 3. The highest BCUT2D eigenvalue weighted by atomic mass is 16.5. The van der Waals surface area contributed by atoms with Gasteiger partial charge in [0.1, 0.15) is 5.58 Å². The van der Waals surface area contributed by atoms with Gasteiger partial charge in [0.25, 0.3) is 5.91 Å². The van der Waals surface area contributed by atoms with Crippen LogP contribution in [0.3, 0.4) is 0 Å². The highest BCUT2D eigenvalue weighted by Gasteiger charge is 2.20. The highest BCUT2D eigenvalue weighted by Crippen LogP contribution is 2.30. The van der Waals surface area contributed by atoms with E-state index in [2.05, 4.69) is 5.32 Å². The molecule has 1 unspecified atom stereocenters. The predicted octanol–water partition coefficient (Wildman–Crippen LogP) is 4.39. The second kappa shape index (κ2) is 9.65. The number of nitrogens with one attached hydrogen (secondary N) is 1. The van der Waals surface area contributed by atoms with E-state index in [1.54, 1.807) is 39.5 Å². The molecule has 1 heterocycles. The first-order chi connectivity index (χ1) is 16.0. The summed E-state index contributed by atoms with van der Waals surface area (Å²) < 4.78 is 21.5. The zero-order chi connectivity index (χ0) is 23.4. The maximum Gasteiger partial charge on any atom is 0.311 e. The predicted molar refractivity (Wildman–Crippen MR) is 124 cm³/mol. The van der Waals surface area contributed by atoms with Crippen LogP contribution in [-0.2, 0) is 27.3 Å². The van der Waals surface area contributed by atoms with Crippen LogP contribution in [0.2, 0.25) is 0 Å². The van der Waals surface area contributed by atoms with E-state index in [0.717, 1.165) is 27.3 Å². The van der Waals surface area contributed by atoms with Gasteiger partial charge >= 0.3 is 5.97 Å². The molecule has 1 atom stereocenters. The van der Waals surface area contributed by atoms with E-state index in [-0.39, 0.29) is 18.9 Å². The Kier molecular flexibility index (Phi) is 6.49. The van der Waals surface area contributed by atoms with Crippen molar-refractivity contribution < 1.29 is 28.2 Å². The van der Waals surface area contributed by atoms with Gasteiger partial charge in [0, 0.05) is 17.5 Å². The Morgan fingerprint density at radius 2 is 1.79 bits per heavy atom. The van der Waals surface area contributed by atoms with Crippen molar-refractivity contribution in [3.8, 4) is 11.5 Å². The Bertz CT molecular complexity index is 1310. The molecular formula is C26H25NO6. The number of methoxy groups -OCH3 is 2. The molecule has 33 heavy (non-hydrogen) atoms. The third-order valence-corrected chi connectivity index (χ3v) is 5.47.